The molecule has 0 radical (unpaired) electrons. The Morgan fingerprint density at radius 2 is 1.73 bits per heavy atom. The summed E-state index contributed by atoms with van der Waals surface area (Å²) in [5.41, 5.74) is 1.15. The number of carbonyl (C=O) groups is 3. The summed E-state index contributed by atoms with van der Waals surface area (Å²) in [4.78, 5) is 45.4. The molecule has 214 valence electrons. The number of aromatic nitrogens is 1. The average molecular weight is 567 g/mol. The predicted octanol–water partition coefficient (Wildman–Crippen LogP) is 5.28. The van der Waals surface area contributed by atoms with Crippen LogP contribution in [0.25, 0.3) is 0 Å². The summed E-state index contributed by atoms with van der Waals surface area (Å²) in [6, 6.07) is 13.8. The lowest BCUT2D eigenvalue weighted by Gasteiger charge is -2.21. The number of para-hydroxylation sites is 2. The van der Waals surface area contributed by atoms with Crippen molar-refractivity contribution in [2.75, 3.05) is 37.8 Å². The zero-order chi connectivity index (χ0) is 29.1. The van der Waals surface area contributed by atoms with Crippen LogP contribution in [0.15, 0.2) is 60.1 Å². The van der Waals surface area contributed by atoms with E-state index in [0.717, 1.165) is 18.5 Å². The van der Waals surface area contributed by atoms with Crippen LogP contribution in [0, 0.1) is 0 Å². The molecule has 1 atom stereocenters. The van der Waals surface area contributed by atoms with Gasteiger partial charge in [-0.05, 0) is 89.5 Å². The largest absolute Gasteiger partial charge is 0.444 e. The third kappa shape index (κ3) is 10.3. The van der Waals surface area contributed by atoms with Crippen molar-refractivity contribution in [2.45, 2.75) is 45.3 Å². The van der Waals surface area contributed by atoms with Crippen LogP contribution < -0.4 is 21.3 Å². The number of anilines is 2. The second-order valence-corrected chi connectivity index (χ2v) is 11.5. The normalized spacial score (nSPS) is 11.9. The first-order valence-electron chi connectivity index (χ1n) is 13.1. The highest BCUT2D eigenvalue weighted by Crippen LogP contribution is 2.23. The summed E-state index contributed by atoms with van der Waals surface area (Å²) in [6.07, 6.45) is 2.42. The maximum atomic E-state index is 13.0. The number of benzene rings is 1. The highest BCUT2D eigenvalue weighted by atomic mass is 32.1. The van der Waals surface area contributed by atoms with Gasteiger partial charge < -0.3 is 25.6 Å². The number of nitrogens with zero attached hydrogens (tertiary/aromatic N) is 2. The molecule has 1 aromatic carbocycles. The quantitative estimate of drug-likeness (QED) is 0.250. The summed E-state index contributed by atoms with van der Waals surface area (Å²) in [5.74, 6) is -0.436. The lowest BCUT2D eigenvalue weighted by molar-refractivity contribution is 0.0635. The third-order valence-electron chi connectivity index (χ3n) is 5.64. The second-order valence-electron chi connectivity index (χ2n) is 10.5. The number of urea groups is 1. The molecule has 0 aliphatic rings. The minimum absolute atomic E-state index is 0.197. The Morgan fingerprint density at radius 1 is 1.00 bits per heavy atom. The summed E-state index contributed by atoms with van der Waals surface area (Å²) in [7, 11) is 3.94. The van der Waals surface area contributed by atoms with Gasteiger partial charge in [0.25, 0.3) is 5.91 Å². The van der Waals surface area contributed by atoms with Gasteiger partial charge in [0.2, 0.25) is 0 Å². The third-order valence-corrected chi connectivity index (χ3v) is 6.58. The Kier molecular flexibility index (Phi) is 11.0. The van der Waals surface area contributed by atoms with E-state index in [-0.39, 0.29) is 17.8 Å². The van der Waals surface area contributed by atoms with Crippen molar-refractivity contribution in [3.63, 3.8) is 0 Å². The summed E-state index contributed by atoms with van der Waals surface area (Å²) in [6.45, 7) is 6.61. The Morgan fingerprint density at radius 3 is 2.33 bits per heavy atom. The number of nitrogens with one attached hydrogen (secondary N) is 4. The van der Waals surface area contributed by atoms with Gasteiger partial charge in [-0.25, -0.2) is 9.59 Å². The molecule has 0 aliphatic heterocycles. The molecule has 0 aliphatic carbocycles. The summed E-state index contributed by atoms with van der Waals surface area (Å²) >= 11 is 1.66. The molecule has 4 N–H and O–H groups in total. The highest BCUT2D eigenvalue weighted by molar-refractivity contribution is 7.09. The molecule has 3 aromatic rings. The van der Waals surface area contributed by atoms with E-state index in [4.69, 9.17) is 4.74 Å². The molecule has 1 unspecified atom stereocenters. The van der Waals surface area contributed by atoms with Crippen LogP contribution >= 0.6 is 11.3 Å². The number of rotatable bonds is 11. The van der Waals surface area contributed by atoms with E-state index in [1.54, 1.807) is 74.7 Å². The zero-order valence-corrected chi connectivity index (χ0v) is 24.4. The molecule has 0 bridgehead atoms. The van der Waals surface area contributed by atoms with Gasteiger partial charge >= 0.3 is 12.1 Å². The van der Waals surface area contributed by atoms with E-state index in [1.165, 1.54) is 4.88 Å². The zero-order valence-electron chi connectivity index (χ0n) is 23.6. The van der Waals surface area contributed by atoms with Gasteiger partial charge in [0.1, 0.15) is 11.3 Å². The molecule has 0 saturated carbocycles. The maximum Gasteiger partial charge on any atom is 0.412 e. The molecule has 2 heterocycles. The van der Waals surface area contributed by atoms with Gasteiger partial charge in [0.05, 0.1) is 17.4 Å². The first-order chi connectivity index (χ1) is 19.0. The van der Waals surface area contributed by atoms with Crippen LogP contribution in [0.1, 0.15) is 54.2 Å². The molecule has 0 saturated heterocycles. The van der Waals surface area contributed by atoms with Gasteiger partial charge in [-0.2, -0.15) is 0 Å². The Balaban J connectivity index is 1.63. The van der Waals surface area contributed by atoms with Gasteiger partial charge in [0, 0.05) is 17.6 Å². The molecule has 11 heteroatoms. The first-order valence-corrected chi connectivity index (χ1v) is 14.0. The number of amides is 4. The van der Waals surface area contributed by atoms with Crippen LogP contribution in [0.2, 0.25) is 0 Å². The minimum atomic E-state index is -0.655. The molecule has 0 spiro atoms. The SMILES string of the molecule is CN(C)CCC(NC(=O)NCCc1cccs1)c1ccc(C(=O)Nc2ccccc2NC(=O)OC(C)(C)C)nc1. The van der Waals surface area contributed by atoms with Crippen molar-refractivity contribution in [1.82, 2.24) is 20.5 Å². The van der Waals surface area contributed by atoms with Crippen molar-refractivity contribution < 1.29 is 19.1 Å². The summed E-state index contributed by atoms with van der Waals surface area (Å²) in [5, 5.41) is 13.4. The molecule has 4 amide bonds. The average Bonchev–Trinajstić information content (AvgIpc) is 3.40. The molecule has 3 rings (SSSR count). The number of ether oxygens (including phenoxy) is 1. The van der Waals surface area contributed by atoms with Crippen LogP contribution in [-0.4, -0.2) is 60.7 Å². The Hall–Kier alpha value is -3.96. The second kappa shape index (κ2) is 14.4. The van der Waals surface area contributed by atoms with Gasteiger partial charge in [-0.3, -0.25) is 15.1 Å². The van der Waals surface area contributed by atoms with E-state index >= 15 is 0 Å². The number of hydrogen-bond donors (Lipinski definition) is 4. The van der Waals surface area contributed by atoms with Crippen molar-refractivity contribution in [3.05, 3.63) is 76.2 Å². The fourth-order valence-corrected chi connectivity index (χ4v) is 4.43. The van der Waals surface area contributed by atoms with Gasteiger partial charge in [-0.1, -0.05) is 24.3 Å². The lowest BCUT2D eigenvalue weighted by Crippen LogP contribution is -2.39. The number of thiophene rings is 1. The maximum absolute atomic E-state index is 13.0. The number of carbonyl (C=O) groups excluding carboxylic acids is 3. The van der Waals surface area contributed by atoms with Crippen LogP contribution in [0.5, 0.6) is 0 Å². The molecule has 0 fully saturated rings. The molecule has 10 nitrogen and oxygen atoms in total. The van der Waals surface area contributed by atoms with Crippen LogP contribution in [0.4, 0.5) is 21.0 Å². The van der Waals surface area contributed by atoms with Crippen molar-refractivity contribution >= 4 is 40.7 Å². The van der Waals surface area contributed by atoms with Crippen LogP contribution in [0.3, 0.4) is 0 Å². The van der Waals surface area contributed by atoms with Crippen LogP contribution in [-0.2, 0) is 11.2 Å². The van der Waals surface area contributed by atoms with Crippen molar-refractivity contribution in [1.29, 1.82) is 0 Å². The van der Waals surface area contributed by atoms with E-state index in [1.807, 2.05) is 36.5 Å². The smallest absolute Gasteiger partial charge is 0.412 e. The highest BCUT2D eigenvalue weighted by Gasteiger charge is 2.19. The predicted molar refractivity (Wildman–Crippen MR) is 159 cm³/mol. The van der Waals surface area contributed by atoms with E-state index in [0.29, 0.717) is 24.3 Å². The monoisotopic (exact) mass is 566 g/mol. The topological polar surface area (TPSA) is 125 Å². The van der Waals surface area contributed by atoms with E-state index in [2.05, 4.69) is 26.3 Å². The standard InChI is InChI=1S/C29H38N6O4S/c1-29(2,3)39-28(38)34-24-11-7-6-10-23(24)32-26(36)25-13-12-20(19-31-25)22(15-17-35(4)5)33-27(37)30-16-14-21-9-8-18-40-21/h6-13,18-19,22H,14-17H2,1-5H3,(H,32,36)(H,34,38)(H2,30,33,37). The van der Waals surface area contributed by atoms with E-state index in [9.17, 15) is 14.4 Å². The number of hydrogen-bond acceptors (Lipinski definition) is 7. The van der Waals surface area contributed by atoms with Gasteiger partial charge in [-0.15, -0.1) is 11.3 Å². The summed E-state index contributed by atoms with van der Waals surface area (Å²) < 4.78 is 5.31. The fraction of sp³-hybridized carbons (Fsp3) is 0.379. The first kappa shape index (κ1) is 30.6. The van der Waals surface area contributed by atoms with Gasteiger partial charge in [0.15, 0.2) is 0 Å². The van der Waals surface area contributed by atoms with Crippen molar-refractivity contribution in [2.24, 2.45) is 0 Å². The van der Waals surface area contributed by atoms with E-state index < -0.39 is 17.6 Å². The molecule has 2 aromatic heterocycles. The van der Waals surface area contributed by atoms with Crippen molar-refractivity contribution in [3.8, 4) is 0 Å². The Labute approximate surface area is 239 Å². The molecule has 40 heavy (non-hydrogen) atoms. The fourth-order valence-electron chi connectivity index (χ4n) is 3.72. The minimum Gasteiger partial charge on any atom is -0.444 e. The number of pyridine rings is 1. The molecular weight excluding hydrogens is 528 g/mol. The lowest BCUT2D eigenvalue weighted by atomic mass is 10.1. The molecular formula is C29H38N6O4S. The Bertz CT molecular complexity index is 1260.